The second-order valence-electron chi connectivity index (χ2n) is 7.81. The molecule has 1 aliphatic heterocycles. The SMILES string of the molecule is C=CCCCCCCCCCC(=O)C1=NCC[N+]1(CCO)CC(O)CS(=O)(=O)[O-].[Na+]. The average molecular weight is 456 g/mol. The molecule has 0 amide bonds. The van der Waals surface area contributed by atoms with Gasteiger partial charge in [0.25, 0.3) is 5.84 Å². The van der Waals surface area contributed by atoms with Gasteiger partial charge in [-0.3, -0.25) is 9.28 Å². The smallest absolute Gasteiger partial charge is 0.748 e. The molecule has 30 heavy (non-hydrogen) atoms. The zero-order chi connectivity index (χ0) is 21.8. The summed E-state index contributed by atoms with van der Waals surface area (Å²) in [5.41, 5.74) is 0. The first kappa shape index (κ1) is 29.9. The molecule has 0 radical (unpaired) electrons. The molecule has 1 heterocycles. The molecule has 0 aromatic heterocycles. The van der Waals surface area contributed by atoms with Crippen molar-refractivity contribution in [3.63, 3.8) is 0 Å². The molecule has 0 aromatic rings. The molecular formula is C20H36N2NaO6S+. The van der Waals surface area contributed by atoms with Crippen LogP contribution < -0.4 is 29.6 Å². The third kappa shape index (κ3) is 11.5. The van der Waals surface area contributed by atoms with Crippen molar-refractivity contribution >= 4 is 21.7 Å². The van der Waals surface area contributed by atoms with Gasteiger partial charge in [0.15, 0.2) is 0 Å². The second kappa shape index (κ2) is 15.6. The Morgan fingerprint density at radius 3 is 2.37 bits per heavy atom. The molecule has 0 bridgehead atoms. The van der Waals surface area contributed by atoms with Gasteiger partial charge in [-0.05, 0) is 19.3 Å². The number of aliphatic imine (C=N–C) groups is 1. The first-order chi connectivity index (χ1) is 13.7. The number of aliphatic hydroxyl groups is 2. The van der Waals surface area contributed by atoms with Crippen molar-refractivity contribution < 1.29 is 62.0 Å². The summed E-state index contributed by atoms with van der Waals surface area (Å²) in [4.78, 5) is 17.0. The third-order valence-electron chi connectivity index (χ3n) is 5.29. The molecule has 2 atom stereocenters. The number of rotatable bonds is 17. The molecule has 0 saturated heterocycles. The molecule has 8 nitrogen and oxygen atoms in total. The van der Waals surface area contributed by atoms with Crippen LogP contribution in [0.2, 0.25) is 0 Å². The quantitative estimate of drug-likeness (QED) is 0.0893. The Bertz CT molecular complexity index is 656. The Balaban J connectivity index is 0.00000841. The van der Waals surface area contributed by atoms with Crippen LogP contribution in [-0.4, -0.2) is 83.9 Å². The van der Waals surface area contributed by atoms with E-state index in [2.05, 4.69) is 11.6 Å². The minimum absolute atomic E-state index is 0. The van der Waals surface area contributed by atoms with Crippen molar-refractivity contribution in [3.8, 4) is 0 Å². The summed E-state index contributed by atoms with van der Waals surface area (Å²) in [6.07, 6.45) is 9.42. The van der Waals surface area contributed by atoms with E-state index in [0.29, 0.717) is 19.5 Å². The minimum atomic E-state index is -4.58. The number of aliphatic hydroxyl groups excluding tert-OH is 2. The van der Waals surface area contributed by atoms with Gasteiger partial charge in [-0.2, -0.15) is 0 Å². The number of nitrogens with zero attached hydrogens (tertiary/aromatic N) is 2. The van der Waals surface area contributed by atoms with Crippen LogP contribution >= 0.6 is 0 Å². The van der Waals surface area contributed by atoms with E-state index >= 15 is 0 Å². The maximum atomic E-state index is 12.7. The number of quaternary nitrogens is 1. The molecule has 0 aliphatic carbocycles. The fourth-order valence-electron chi connectivity index (χ4n) is 3.90. The number of Topliss-reactive ketones (excluding diaryl/α,β-unsaturated/α-hetero) is 1. The standard InChI is InChI=1S/C20H36N2O6S.Na/c1-2-3-4-5-6-7-8-9-10-11-19(25)20-21-12-13-22(20,14-15-23)16-18(24)17-29(26,27)28;/h2,18,23-24H,1,3-17H2;/q;+1. The average Bonchev–Trinajstić information content (AvgIpc) is 3.01. The molecular weight excluding hydrogens is 419 g/mol. The second-order valence-corrected chi connectivity index (χ2v) is 9.26. The van der Waals surface area contributed by atoms with E-state index in [1.165, 1.54) is 19.3 Å². The number of carbonyl (C=O) groups is 1. The van der Waals surface area contributed by atoms with Crippen molar-refractivity contribution in [1.29, 1.82) is 0 Å². The van der Waals surface area contributed by atoms with Crippen molar-refractivity contribution in [2.45, 2.75) is 63.9 Å². The topological polar surface area (TPSA) is 127 Å². The van der Waals surface area contributed by atoms with Gasteiger partial charge in [-0.25, -0.2) is 13.4 Å². The summed E-state index contributed by atoms with van der Waals surface area (Å²) in [5, 5.41) is 19.5. The number of hydrogen-bond acceptors (Lipinski definition) is 7. The van der Waals surface area contributed by atoms with Crippen molar-refractivity contribution in [2.75, 3.05) is 38.5 Å². The van der Waals surface area contributed by atoms with E-state index in [1.807, 2.05) is 6.08 Å². The van der Waals surface area contributed by atoms with Crippen molar-refractivity contribution in [1.82, 2.24) is 0 Å². The van der Waals surface area contributed by atoms with Gasteiger partial charge in [0, 0.05) is 6.42 Å². The Kier molecular flexibility index (Phi) is 15.6. The summed E-state index contributed by atoms with van der Waals surface area (Å²) in [7, 11) is -4.58. The van der Waals surface area contributed by atoms with Crippen LogP contribution in [0.5, 0.6) is 0 Å². The maximum Gasteiger partial charge on any atom is 1.00 e. The Morgan fingerprint density at radius 1 is 1.20 bits per heavy atom. The number of ketones is 1. The predicted octanol–water partition coefficient (Wildman–Crippen LogP) is -1.62. The summed E-state index contributed by atoms with van der Waals surface area (Å²) in [6, 6.07) is 0. The summed E-state index contributed by atoms with van der Waals surface area (Å²) < 4.78 is 32.7. The zero-order valence-electron chi connectivity index (χ0n) is 18.3. The van der Waals surface area contributed by atoms with Crippen LogP contribution in [0.25, 0.3) is 0 Å². The Hall–Kier alpha value is -0.130. The van der Waals surface area contributed by atoms with Crippen LogP contribution in [0.4, 0.5) is 0 Å². The van der Waals surface area contributed by atoms with Gasteiger partial charge < -0.3 is 14.8 Å². The molecule has 0 fully saturated rings. The fourth-order valence-corrected chi connectivity index (χ4v) is 4.47. The monoisotopic (exact) mass is 455 g/mol. The third-order valence-corrected chi connectivity index (χ3v) is 6.08. The number of carbonyl (C=O) groups excluding carboxylic acids is 1. The van der Waals surface area contributed by atoms with Gasteiger partial charge in [-0.1, -0.05) is 38.2 Å². The number of amidine groups is 1. The summed E-state index contributed by atoms with van der Waals surface area (Å²) in [6.45, 7) is 4.31. The van der Waals surface area contributed by atoms with Gasteiger partial charge >= 0.3 is 29.6 Å². The Morgan fingerprint density at radius 2 is 1.80 bits per heavy atom. The van der Waals surface area contributed by atoms with Gasteiger partial charge in [-0.15, -0.1) is 6.58 Å². The van der Waals surface area contributed by atoms with Crippen molar-refractivity contribution in [3.05, 3.63) is 12.7 Å². The van der Waals surface area contributed by atoms with Crippen LogP contribution in [0.3, 0.4) is 0 Å². The van der Waals surface area contributed by atoms with E-state index < -0.39 is 22.0 Å². The molecule has 1 rings (SSSR count). The number of unbranched alkanes of at least 4 members (excludes halogenated alkanes) is 7. The first-order valence-electron chi connectivity index (χ1n) is 10.5. The van der Waals surface area contributed by atoms with E-state index in [0.717, 1.165) is 32.1 Å². The number of allylic oxidation sites excluding steroid dienone is 1. The van der Waals surface area contributed by atoms with Gasteiger partial charge in [0.2, 0.25) is 5.78 Å². The normalized spacial score (nSPS) is 19.8. The van der Waals surface area contributed by atoms with Crippen molar-refractivity contribution in [2.24, 2.45) is 4.99 Å². The molecule has 1 aliphatic rings. The van der Waals surface area contributed by atoms with E-state index in [1.54, 1.807) is 0 Å². The molecule has 2 unspecified atom stereocenters. The molecule has 10 heteroatoms. The maximum absolute atomic E-state index is 12.7. The fraction of sp³-hybridized carbons (Fsp3) is 0.800. The summed E-state index contributed by atoms with van der Waals surface area (Å²) >= 11 is 0. The molecule has 168 valence electrons. The van der Waals surface area contributed by atoms with Crippen LogP contribution in [0, 0.1) is 0 Å². The number of hydrogen-bond donors (Lipinski definition) is 2. The van der Waals surface area contributed by atoms with Gasteiger partial charge in [0.05, 0.1) is 29.0 Å². The summed E-state index contributed by atoms with van der Waals surface area (Å²) in [5.74, 6) is -0.753. The molecule has 0 saturated carbocycles. The largest absolute Gasteiger partial charge is 1.00 e. The molecule has 2 N–H and O–H groups in total. The van der Waals surface area contributed by atoms with Crippen LogP contribution in [0.15, 0.2) is 17.6 Å². The van der Waals surface area contributed by atoms with E-state index in [4.69, 9.17) is 0 Å². The van der Waals surface area contributed by atoms with Crippen LogP contribution in [0.1, 0.15) is 57.8 Å². The van der Waals surface area contributed by atoms with E-state index in [9.17, 15) is 28.0 Å². The zero-order valence-corrected chi connectivity index (χ0v) is 21.1. The predicted molar refractivity (Wildman–Crippen MR) is 112 cm³/mol. The Labute approximate surface area is 203 Å². The molecule has 0 aromatic carbocycles. The first-order valence-corrected chi connectivity index (χ1v) is 12.1. The van der Waals surface area contributed by atoms with E-state index in [-0.39, 0.29) is 65.4 Å². The van der Waals surface area contributed by atoms with Gasteiger partial charge in [0.1, 0.15) is 25.7 Å². The molecule has 0 spiro atoms. The minimum Gasteiger partial charge on any atom is -0.748 e. The van der Waals surface area contributed by atoms with Crippen LogP contribution in [-0.2, 0) is 14.9 Å².